The van der Waals surface area contributed by atoms with Crippen LogP contribution in [0.3, 0.4) is 0 Å². The molecule has 2 fully saturated rings. The highest BCUT2D eigenvalue weighted by molar-refractivity contribution is 5.77. The van der Waals surface area contributed by atoms with Crippen LogP contribution in [-0.2, 0) is 0 Å². The van der Waals surface area contributed by atoms with Crippen LogP contribution in [0.1, 0.15) is 40.0 Å². The number of nitrogens with one attached hydrogen (secondary N) is 1. The van der Waals surface area contributed by atoms with Crippen LogP contribution >= 0.6 is 0 Å². The minimum absolute atomic E-state index is 0.0562. The summed E-state index contributed by atoms with van der Waals surface area (Å²) in [5.41, 5.74) is 0.466. The van der Waals surface area contributed by atoms with Crippen molar-refractivity contribution in [3.8, 4) is 0 Å². The zero-order chi connectivity index (χ0) is 13.0. The summed E-state index contributed by atoms with van der Waals surface area (Å²) in [5, 5.41) is 3.23. The van der Waals surface area contributed by atoms with Crippen LogP contribution in [0.5, 0.6) is 0 Å². The van der Waals surface area contributed by atoms with Gasteiger partial charge in [-0.05, 0) is 36.0 Å². The molecule has 1 amide bonds. The smallest absolute Gasteiger partial charge is 0.327 e. The van der Waals surface area contributed by atoms with Gasteiger partial charge in [0, 0.05) is 18.4 Å². The molecule has 2 aliphatic rings. The number of hydrogen-bond donors (Lipinski definition) is 1. The van der Waals surface area contributed by atoms with Gasteiger partial charge >= 0.3 is 6.03 Å². The topological polar surface area (TPSA) is 46.9 Å². The number of hydrogen-bond acceptors (Lipinski definition) is 2. The summed E-state index contributed by atoms with van der Waals surface area (Å²) in [4.78, 5) is 16.1. The molecule has 2 bridgehead atoms. The summed E-state index contributed by atoms with van der Waals surface area (Å²) >= 11 is 0. The summed E-state index contributed by atoms with van der Waals surface area (Å²) in [6.07, 6.45) is 8.66. The van der Waals surface area contributed by atoms with E-state index in [9.17, 15) is 4.79 Å². The number of nitrogens with zero attached hydrogens (tertiary/aromatic N) is 2. The third-order valence-electron chi connectivity index (χ3n) is 5.28. The number of fused-ring (bicyclic) bond motifs is 2. The van der Waals surface area contributed by atoms with Gasteiger partial charge in [0.25, 0.3) is 0 Å². The second-order valence-corrected chi connectivity index (χ2v) is 6.77. The molecule has 1 heterocycles. The second-order valence-electron chi connectivity index (χ2n) is 6.77. The third-order valence-corrected chi connectivity index (χ3v) is 5.28. The molecular formula is C14H21N3O. The maximum absolute atomic E-state index is 12.2. The van der Waals surface area contributed by atoms with E-state index in [0.717, 1.165) is 5.92 Å². The summed E-state index contributed by atoms with van der Waals surface area (Å²) in [6, 6.07) is 0.206. The van der Waals surface area contributed by atoms with Crippen LogP contribution < -0.4 is 5.32 Å². The Labute approximate surface area is 108 Å². The van der Waals surface area contributed by atoms with Crippen LogP contribution in [0.4, 0.5) is 4.79 Å². The fraction of sp³-hybridized carbons (Fsp3) is 0.714. The van der Waals surface area contributed by atoms with Crippen LogP contribution in [0.15, 0.2) is 18.7 Å². The highest BCUT2D eigenvalue weighted by atomic mass is 16.2. The molecule has 4 heteroatoms. The summed E-state index contributed by atoms with van der Waals surface area (Å²) in [5.74, 6) is 0.746. The van der Waals surface area contributed by atoms with Gasteiger partial charge < -0.3 is 5.32 Å². The van der Waals surface area contributed by atoms with Gasteiger partial charge in [0.05, 0.1) is 0 Å². The first-order chi connectivity index (χ1) is 8.43. The Bertz CT molecular complexity index is 461. The molecule has 1 aromatic heterocycles. The van der Waals surface area contributed by atoms with Crippen molar-refractivity contribution in [1.29, 1.82) is 0 Å². The lowest BCUT2D eigenvalue weighted by Crippen LogP contribution is -2.53. The Morgan fingerprint density at radius 2 is 2.22 bits per heavy atom. The predicted molar refractivity (Wildman–Crippen MR) is 69.2 cm³/mol. The molecule has 3 rings (SSSR count). The van der Waals surface area contributed by atoms with Crippen molar-refractivity contribution >= 4 is 6.03 Å². The first-order valence-electron chi connectivity index (χ1n) is 6.72. The molecule has 0 aromatic carbocycles. The minimum atomic E-state index is -0.0562. The van der Waals surface area contributed by atoms with Gasteiger partial charge in [0.1, 0.15) is 6.33 Å². The van der Waals surface area contributed by atoms with Crippen molar-refractivity contribution in [3.63, 3.8) is 0 Å². The monoisotopic (exact) mass is 247 g/mol. The number of rotatable bonds is 1. The molecule has 0 spiro atoms. The lowest BCUT2D eigenvalue weighted by atomic mass is 9.68. The number of carbonyl (C=O) groups is 1. The van der Waals surface area contributed by atoms with E-state index < -0.39 is 0 Å². The van der Waals surface area contributed by atoms with Gasteiger partial charge in [-0.1, -0.05) is 20.8 Å². The first-order valence-corrected chi connectivity index (χ1v) is 6.72. The predicted octanol–water partition coefficient (Wildman–Crippen LogP) is 2.66. The molecule has 3 atom stereocenters. The zero-order valence-corrected chi connectivity index (χ0v) is 11.3. The van der Waals surface area contributed by atoms with Gasteiger partial charge in [0.15, 0.2) is 0 Å². The van der Waals surface area contributed by atoms with E-state index in [0.29, 0.717) is 0 Å². The molecule has 3 unspecified atom stereocenters. The molecule has 4 nitrogen and oxygen atoms in total. The molecule has 98 valence electrons. The lowest BCUT2D eigenvalue weighted by Gasteiger charge is -2.42. The van der Waals surface area contributed by atoms with Gasteiger partial charge in [-0.2, -0.15) is 0 Å². The first kappa shape index (κ1) is 11.8. The third kappa shape index (κ3) is 1.51. The van der Waals surface area contributed by atoms with Crippen molar-refractivity contribution in [1.82, 2.24) is 14.9 Å². The molecule has 2 aliphatic carbocycles. The maximum atomic E-state index is 12.2. The highest BCUT2D eigenvalue weighted by Crippen LogP contribution is 2.62. The standard InChI is InChI=1S/C14H21N3O/c1-13(2)10-4-5-14(3,8-10)11(13)16-12(18)17-7-6-15-9-17/h6-7,9-11H,4-5,8H2,1-3H3,(H,16,18). The van der Waals surface area contributed by atoms with Gasteiger partial charge in [-0.15, -0.1) is 0 Å². The van der Waals surface area contributed by atoms with Gasteiger partial charge in [0.2, 0.25) is 0 Å². The fourth-order valence-corrected chi connectivity index (χ4v) is 4.24. The van der Waals surface area contributed by atoms with Crippen molar-refractivity contribution in [3.05, 3.63) is 18.7 Å². The zero-order valence-electron chi connectivity index (χ0n) is 11.3. The highest BCUT2D eigenvalue weighted by Gasteiger charge is 2.59. The summed E-state index contributed by atoms with van der Waals surface area (Å²) in [7, 11) is 0. The molecular weight excluding hydrogens is 226 g/mol. The van der Waals surface area contributed by atoms with Crippen LogP contribution in [0.2, 0.25) is 0 Å². The van der Waals surface area contributed by atoms with E-state index in [1.807, 2.05) is 0 Å². The molecule has 2 saturated carbocycles. The average Bonchev–Trinajstić information content (AvgIpc) is 2.96. The minimum Gasteiger partial charge on any atom is -0.334 e. The second kappa shape index (κ2) is 3.59. The Morgan fingerprint density at radius 3 is 2.78 bits per heavy atom. The van der Waals surface area contributed by atoms with Crippen LogP contribution in [0.25, 0.3) is 0 Å². The molecule has 1 N–H and O–H groups in total. The average molecular weight is 247 g/mol. The van der Waals surface area contributed by atoms with Crippen molar-refractivity contribution in [2.24, 2.45) is 16.7 Å². The van der Waals surface area contributed by atoms with E-state index in [2.05, 4.69) is 31.1 Å². The van der Waals surface area contributed by atoms with E-state index in [-0.39, 0.29) is 22.9 Å². The van der Waals surface area contributed by atoms with Gasteiger partial charge in [-0.3, -0.25) is 4.57 Å². The summed E-state index contributed by atoms with van der Waals surface area (Å²) < 4.78 is 1.52. The van der Waals surface area contributed by atoms with E-state index in [1.165, 1.54) is 23.8 Å². The van der Waals surface area contributed by atoms with Gasteiger partial charge in [-0.25, -0.2) is 9.78 Å². The van der Waals surface area contributed by atoms with E-state index >= 15 is 0 Å². The number of carbonyl (C=O) groups excluding carboxylic acids is 1. The van der Waals surface area contributed by atoms with Crippen molar-refractivity contribution in [2.75, 3.05) is 0 Å². The molecule has 1 aromatic rings. The number of amides is 1. The maximum Gasteiger partial charge on any atom is 0.327 e. The lowest BCUT2D eigenvalue weighted by molar-refractivity contribution is 0.114. The van der Waals surface area contributed by atoms with E-state index in [4.69, 9.17) is 0 Å². The van der Waals surface area contributed by atoms with Crippen LogP contribution in [-0.4, -0.2) is 21.6 Å². The molecule has 0 aliphatic heterocycles. The van der Waals surface area contributed by atoms with Crippen LogP contribution in [0, 0.1) is 16.7 Å². The fourth-order valence-electron chi connectivity index (χ4n) is 4.24. The Balaban J connectivity index is 1.82. The van der Waals surface area contributed by atoms with Crippen molar-refractivity contribution in [2.45, 2.75) is 46.1 Å². The largest absolute Gasteiger partial charge is 0.334 e. The van der Waals surface area contributed by atoms with E-state index in [1.54, 1.807) is 18.7 Å². The molecule has 0 radical (unpaired) electrons. The Hall–Kier alpha value is -1.32. The Morgan fingerprint density at radius 1 is 1.44 bits per heavy atom. The van der Waals surface area contributed by atoms with Crippen molar-refractivity contribution < 1.29 is 4.79 Å². The Kier molecular flexibility index (Phi) is 2.34. The summed E-state index contributed by atoms with van der Waals surface area (Å²) in [6.45, 7) is 6.91. The normalized spacial score (nSPS) is 36.8. The quantitative estimate of drug-likeness (QED) is 0.829. The molecule has 0 saturated heterocycles. The SMILES string of the molecule is CC12CCC(C1)C(C)(C)C2NC(=O)n1ccnc1. The molecule has 18 heavy (non-hydrogen) atoms. The number of imidazole rings is 1. The number of aromatic nitrogens is 2.